The molecule has 2 heteroatoms. The highest BCUT2D eigenvalue weighted by Gasteiger charge is 1.92. The molecular weight excluding hydrogens is 142 g/mol. The molecule has 0 aliphatic rings. The van der Waals surface area contributed by atoms with Crippen molar-refractivity contribution in [2.24, 2.45) is 0 Å². The largest absolute Gasteiger partial charge is 0.369 e. The zero-order chi connectivity index (χ0) is 7.82. The second-order valence-corrected chi connectivity index (χ2v) is 2.65. The summed E-state index contributed by atoms with van der Waals surface area (Å²) >= 11 is 4.82. The van der Waals surface area contributed by atoms with Gasteiger partial charge in [-0.3, -0.25) is 0 Å². The van der Waals surface area contributed by atoms with Gasteiger partial charge in [0.25, 0.3) is 0 Å². The molecule has 0 heterocycles. The van der Waals surface area contributed by atoms with E-state index in [0.717, 1.165) is 13.1 Å². The van der Waals surface area contributed by atoms with Crippen molar-refractivity contribution in [2.75, 3.05) is 13.1 Å². The van der Waals surface area contributed by atoms with Crippen LogP contribution in [-0.2, 0) is 0 Å². The summed E-state index contributed by atoms with van der Waals surface area (Å²) in [5.74, 6) is 0. The molecule has 0 aromatic heterocycles. The quantitative estimate of drug-likeness (QED) is 0.432. The normalized spacial score (nSPS) is 9.40. The predicted molar refractivity (Wildman–Crippen MR) is 50.4 cm³/mol. The number of unbranched alkanes of at least 4 members (excludes halogenated alkanes) is 2. The minimum absolute atomic E-state index is 1.05. The Balaban J connectivity index is 3.17. The monoisotopic (exact) mass is 159 g/mol. The Morgan fingerprint density at radius 3 is 2.40 bits per heavy atom. The smallest absolute Gasteiger partial charge is 0.0640 e. The van der Waals surface area contributed by atoms with Crippen LogP contribution in [-0.4, -0.2) is 23.5 Å². The molecule has 60 valence electrons. The van der Waals surface area contributed by atoms with Crippen molar-refractivity contribution in [1.82, 2.24) is 4.90 Å². The van der Waals surface area contributed by atoms with Crippen LogP contribution < -0.4 is 0 Å². The van der Waals surface area contributed by atoms with E-state index in [1.807, 2.05) is 0 Å². The van der Waals surface area contributed by atoms with E-state index >= 15 is 0 Å². The van der Waals surface area contributed by atoms with Crippen molar-refractivity contribution in [3.63, 3.8) is 0 Å². The minimum atomic E-state index is 1.05. The summed E-state index contributed by atoms with van der Waals surface area (Å²) in [5, 5.41) is 0. The van der Waals surface area contributed by atoms with Crippen LogP contribution in [0.15, 0.2) is 0 Å². The van der Waals surface area contributed by atoms with Gasteiger partial charge in [-0.25, -0.2) is 0 Å². The molecule has 0 unspecified atom stereocenters. The number of rotatable bonds is 6. The van der Waals surface area contributed by atoms with Gasteiger partial charge in [0.15, 0.2) is 0 Å². The average Bonchev–Trinajstić information content (AvgIpc) is 1.99. The summed E-state index contributed by atoms with van der Waals surface area (Å²) in [6.45, 7) is 6.53. The van der Waals surface area contributed by atoms with Gasteiger partial charge in [0, 0.05) is 13.1 Å². The first kappa shape index (κ1) is 9.89. The highest BCUT2D eigenvalue weighted by atomic mass is 32.1. The van der Waals surface area contributed by atoms with Crippen molar-refractivity contribution in [3.05, 3.63) is 0 Å². The van der Waals surface area contributed by atoms with E-state index in [-0.39, 0.29) is 0 Å². The van der Waals surface area contributed by atoms with Crippen LogP contribution in [0.5, 0.6) is 0 Å². The fraction of sp³-hybridized carbons (Fsp3) is 0.875. The SMILES string of the molecule is CCCCCN(C=S)CC. The zero-order valence-corrected chi connectivity index (χ0v) is 7.78. The van der Waals surface area contributed by atoms with E-state index in [2.05, 4.69) is 18.7 Å². The van der Waals surface area contributed by atoms with E-state index < -0.39 is 0 Å². The third kappa shape index (κ3) is 4.74. The first-order valence-electron chi connectivity index (χ1n) is 4.04. The van der Waals surface area contributed by atoms with E-state index in [4.69, 9.17) is 12.2 Å². The molecule has 0 atom stereocenters. The van der Waals surface area contributed by atoms with Crippen molar-refractivity contribution < 1.29 is 0 Å². The molecule has 0 aliphatic heterocycles. The first-order chi connectivity index (χ1) is 4.85. The van der Waals surface area contributed by atoms with E-state index in [9.17, 15) is 0 Å². The summed E-state index contributed by atoms with van der Waals surface area (Å²) in [4.78, 5) is 2.17. The summed E-state index contributed by atoms with van der Waals surface area (Å²) in [5.41, 5.74) is 1.76. The predicted octanol–water partition coefficient (Wildman–Crippen LogP) is 2.46. The lowest BCUT2D eigenvalue weighted by Crippen LogP contribution is -2.21. The maximum Gasteiger partial charge on any atom is 0.0640 e. The molecule has 0 bridgehead atoms. The highest BCUT2D eigenvalue weighted by Crippen LogP contribution is 1.95. The standard InChI is InChI=1S/C8H17NS/c1-3-5-6-7-9(4-2)8-10/h8H,3-7H2,1-2H3. The van der Waals surface area contributed by atoms with Gasteiger partial charge in [-0.15, -0.1) is 0 Å². The molecular formula is C8H17NS. The average molecular weight is 159 g/mol. The zero-order valence-electron chi connectivity index (χ0n) is 6.97. The van der Waals surface area contributed by atoms with Crippen LogP contribution in [0.2, 0.25) is 0 Å². The Morgan fingerprint density at radius 2 is 2.00 bits per heavy atom. The molecule has 0 N–H and O–H groups in total. The Labute approximate surface area is 69.4 Å². The fourth-order valence-electron chi connectivity index (χ4n) is 0.850. The van der Waals surface area contributed by atoms with Crippen molar-refractivity contribution in [2.45, 2.75) is 33.1 Å². The Bertz CT molecular complexity index is 83.3. The van der Waals surface area contributed by atoms with Crippen LogP contribution in [0, 0.1) is 0 Å². The molecule has 0 aliphatic carbocycles. The second-order valence-electron chi connectivity index (χ2n) is 2.44. The maximum absolute atomic E-state index is 4.82. The van der Waals surface area contributed by atoms with Gasteiger partial charge in [0.2, 0.25) is 0 Å². The topological polar surface area (TPSA) is 3.24 Å². The minimum Gasteiger partial charge on any atom is -0.369 e. The third-order valence-corrected chi connectivity index (χ3v) is 1.90. The van der Waals surface area contributed by atoms with Gasteiger partial charge in [-0.1, -0.05) is 32.0 Å². The lowest BCUT2D eigenvalue weighted by Gasteiger charge is -2.15. The summed E-state index contributed by atoms with van der Waals surface area (Å²) < 4.78 is 0. The van der Waals surface area contributed by atoms with Gasteiger partial charge in [-0.05, 0) is 13.3 Å². The fourth-order valence-corrected chi connectivity index (χ4v) is 1.10. The molecule has 0 radical (unpaired) electrons. The van der Waals surface area contributed by atoms with Gasteiger partial charge in [0.1, 0.15) is 0 Å². The molecule has 0 rings (SSSR count). The molecule has 10 heavy (non-hydrogen) atoms. The molecule has 0 spiro atoms. The Hall–Kier alpha value is -0.110. The maximum atomic E-state index is 4.82. The van der Waals surface area contributed by atoms with Crippen LogP contribution >= 0.6 is 12.2 Å². The van der Waals surface area contributed by atoms with Crippen LogP contribution in [0.25, 0.3) is 0 Å². The van der Waals surface area contributed by atoms with E-state index in [1.54, 1.807) is 5.49 Å². The summed E-state index contributed by atoms with van der Waals surface area (Å²) in [6.07, 6.45) is 3.88. The van der Waals surface area contributed by atoms with Crippen LogP contribution in [0.3, 0.4) is 0 Å². The van der Waals surface area contributed by atoms with E-state index in [0.29, 0.717) is 0 Å². The molecule has 1 nitrogen and oxygen atoms in total. The van der Waals surface area contributed by atoms with Crippen molar-refractivity contribution >= 4 is 17.7 Å². The molecule has 0 saturated carbocycles. The lowest BCUT2D eigenvalue weighted by atomic mass is 10.2. The highest BCUT2D eigenvalue weighted by molar-refractivity contribution is 7.78. The van der Waals surface area contributed by atoms with Gasteiger partial charge in [0.05, 0.1) is 5.49 Å². The summed E-state index contributed by atoms with van der Waals surface area (Å²) in [7, 11) is 0. The molecule has 0 amide bonds. The first-order valence-corrected chi connectivity index (χ1v) is 4.51. The molecule has 0 aromatic carbocycles. The van der Waals surface area contributed by atoms with Gasteiger partial charge < -0.3 is 4.90 Å². The lowest BCUT2D eigenvalue weighted by molar-refractivity contribution is 0.439. The van der Waals surface area contributed by atoms with Gasteiger partial charge in [-0.2, -0.15) is 0 Å². The molecule has 0 saturated heterocycles. The summed E-state index contributed by atoms with van der Waals surface area (Å²) in [6, 6.07) is 0. The number of hydrogen-bond acceptors (Lipinski definition) is 1. The Morgan fingerprint density at radius 1 is 1.30 bits per heavy atom. The molecule has 0 aromatic rings. The number of thiocarbonyl (C=S) groups is 1. The Kier molecular flexibility index (Phi) is 6.93. The van der Waals surface area contributed by atoms with E-state index in [1.165, 1.54) is 19.3 Å². The second kappa shape index (κ2) is 7.00. The molecule has 0 fully saturated rings. The van der Waals surface area contributed by atoms with Crippen LogP contribution in [0.1, 0.15) is 33.1 Å². The number of hydrogen-bond donors (Lipinski definition) is 0. The van der Waals surface area contributed by atoms with Crippen molar-refractivity contribution in [3.8, 4) is 0 Å². The van der Waals surface area contributed by atoms with Crippen molar-refractivity contribution in [1.29, 1.82) is 0 Å². The van der Waals surface area contributed by atoms with Gasteiger partial charge >= 0.3 is 0 Å². The number of nitrogens with zero attached hydrogens (tertiary/aromatic N) is 1. The van der Waals surface area contributed by atoms with Crippen LogP contribution in [0.4, 0.5) is 0 Å². The third-order valence-electron chi connectivity index (χ3n) is 1.60.